The van der Waals surface area contributed by atoms with Crippen molar-refractivity contribution in [2.75, 3.05) is 30.4 Å². The van der Waals surface area contributed by atoms with Crippen LogP contribution in [-0.4, -0.2) is 36.3 Å². The molecule has 0 radical (unpaired) electrons. The molecule has 7 heteroatoms. The molecule has 0 bridgehead atoms. The van der Waals surface area contributed by atoms with Gasteiger partial charge in [0, 0.05) is 25.4 Å². The minimum Gasteiger partial charge on any atom is -0.354 e. The van der Waals surface area contributed by atoms with Gasteiger partial charge in [-0.25, -0.2) is 4.98 Å². The summed E-state index contributed by atoms with van der Waals surface area (Å²) < 4.78 is 36.9. The summed E-state index contributed by atoms with van der Waals surface area (Å²) in [6.07, 6.45) is -3.35. The lowest BCUT2D eigenvalue weighted by Gasteiger charge is -2.20. The topological polar surface area (TPSA) is 41.1 Å². The molecule has 0 atom stereocenters. The molecule has 0 aliphatic rings. The van der Waals surface area contributed by atoms with Crippen LogP contribution in [0.5, 0.6) is 0 Å². The van der Waals surface area contributed by atoms with Gasteiger partial charge in [0.25, 0.3) is 0 Å². The number of alkyl halides is 3. The molecule has 1 heterocycles. The lowest BCUT2D eigenvalue weighted by molar-refractivity contribution is -0.119. The maximum absolute atomic E-state index is 12.3. The zero-order valence-corrected chi connectivity index (χ0v) is 10.7. The molecule has 1 aromatic heterocycles. The number of aryl methyl sites for hydroxylation is 1. The van der Waals surface area contributed by atoms with Crippen LogP contribution in [0.25, 0.3) is 0 Å². The third-order valence-corrected chi connectivity index (χ3v) is 2.18. The lowest BCUT2D eigenvalue weighted by atomic mass is 10.4. The minimum absolute atomic E-state index is 0.262. The summed E-state index contributed by atoms with van der Waals surface area (Å²) in [6.45, 7) is 3.37. The van der Waals surface area contributed by atoms with Crippen LogP contribution in [0.3, 0.4) is 0 Å². The molecule has 0 saturated carbocycles. The first-order chi connectivity index (χ1) is 8.31. The molecular formula is C11H17F3N4. The van der Waals surface area contributed by atoms with E-state index in [-0.39, 0.29) is 5.82 Å². The van der Waals surface area contributed by atoms with Crippen LogP contribution in [0.1, 0.15) is 19.0 Å². The standard InChI is InChI=1S/C11H17F3N4/c1-4-5-15-10-16-8(2)6-9(17-10)18(3)7-11(12,13)14/h6H,4-5,7H2,1-3H3,(H,15,16,17). The van der Waals surface area contributed by atoms with Gasteiger partial charge in [0.15, 0.2) is 0 Å². The number of hydrogen-bond acceptors (Lipinski definition) is 4. The summed E-state index contributed by atoms with van der Waals surface area (Å²) in [5.74, 6) is 0.624. The van der Waals surface area contributed by atoms with E-state index in [2.05, 4.69) is 15.3 Å². The molecule has 0 aliphatic carbocycles. The monoisotopic (exact) mass is 262 g/mol. The Kier molecular flexibility index (Phi) is 4.75. The summed E-state index contributed by atoms with van der Waals surface area (Å²) in [5, 5.41) is 2.96. The molecule has 0 saturated heterocycles. The number of rotatable bonds is 5. The Hall–Kier alpha value is -1.53. The summed E-state index contributed by atoms with van der Waals surface area (Å²) in [6, 6.07) is 1.53. The van der Waals surface area contributed by atoms with E-state index in [9.17, 15) is 13.2 Å². The van der Waals surface area contributed by atoms with Crippen molar-refractivity contribution < 1.29 is 13.2 Å². The maximum Gasteiger partial charge on any atom is 0.405 e. The number of nitrogens with zero attached hydrogens (tertiary/aromatic N) is 3. The second-order valence-corrected chi connectivity index (χ2v) is 4.09. The molecule has 0 amide bonds. The molecule has 0 aromatic carbocycles. The Bertz CT molecular complexity index is 392. The second-order valence-electron chi connectivity index (χ2n) is 4.09. The maximum atomic E-state index is 12.3. The first-order valence-electron chi connectivity index (χ1n) is 5.69. The van der Waals surface area contributed by atoms with E-state index in [1.807, 2.05) is 6.92 Å². The predicted molar refractivity (Wildman–Crippen MR) is 64.9 cm³/mol. The van der Waals surface area contributed by atoms with Gasteiger partial charge < -0.3 is 10.2 Å². The van der Waals surface area contributed by atoms with Gasteiger partial charge in [0.1, 0.15) is 12.4 Å². The zero-order valence-electron chi connectivity index (χ0n) is 10.7. The quantitative estimate of drug-likeness (QED) is 0.885. The van der Waals surface area contributed by atoms with E-state index in [1.54, 1.807) is 6.92 Å². The van der Waals surface area contributed by atoms with Crippen molar-refractivity contribution in [1.29, 1.82) is 0 Å². The Balaban J connectivity index is 2.84. The largest absolute Gasteiger partial charge is 0.405 e. The number of hydrogen-bond donors (Lipinski definition) is 1. The highest BCUT2D eigenvalue weighted by molar-refractivity contribution is 5.44. The van der Waals surface area contributed by atoms with Crippen molar-refractivity contribution in [1.82, 2.24) is 9.97 Å². The van der Waals surface area contributed by atoms with Crippen molar-refractivity contribution in [3.8, 4) is 0 Å². The zero-order chi connectivity index (χ0) is 13.8. The molecule has 102 valence electrons. The van der Waals surface area contributed by atoms with Gasteiger partial charge in [-0.15, -0.1) is 0 Å². The molecule has 4 nitrogen and oxygen atoms in total. The van der Waals surface area contributed by atoms with Crippen molar-refractivity contribution in [3.63, 3.8) is 0 Å². The Morgan fingerprint density at radius 3 is 2.56 bits per heavy atom. The highest BCUT2D eigenvalue weighted by atomic mass is 19.4. The van der Waals surface area contributed by atoms with Crippen molar-refractivity contribution in [2.45, 2.75) is 26.4 Å². The van der Waals surface area contributed by atoms with Crippen LogP contribution in [0.2, 0.25) is 0 Å². The Morgan fingerprint density at radius 2 is 2.00 bits per heavy atom. The van der Waals surface area contributed by atoms with Gasteiger partial charge in [0.2, 0.25) is 5.95 Å². The van der Waals surface area contributed by atoms with Crippen LogP contribution in [0.15, 0.2) is 6.07 Å². The van der Waals surface area contributed by atoms with E-state index < -0.39 is 12.7 Å². The fourth-order valence-electron chi connectivity index (χ4n) is 1.41. The minimum atomic E-state index is -4.25. The third-order valence-electron chi connectivity index (χ3n) is 2.18. The van der Waals surface area contributed by atoms with E-state index in [0.29, 0.717) is 18.2 Å². The van der Waals surface area contributed by atoms with Crippen LogP contribution in [0.4, 0.5) is 24.9 Å². The van der Waals surface area contributed by atoms with Gasteiger partial charge in [-0.05, 0) is 13.3 Å². The fourth-order valence-corrected chi connectivity index (χ4v) is 1.41. The Labute approximate surface area is 104 Å². The highest BCUT2D eigenvalue weighted by Crippen LogP contribution is 2.20. The van der Waals surface area contributed by atoms with E-state index >= 15 is 0 Å². The van der Waals surface area contributed by atoms with E-state index in [1.165, 1.54) is 13.1 Å². The summed E-state index contributed by atoms with van der Waals surface area (Å²) in [5.41, 5.74) is 0.632. The molecule has 0 aliphatic heterocycles. The SMILES string of the molecule is CCCNc1nc(C)cc(N(C)CC(F)(F)F)n1. The van der Waals surface area contributed by atoms with Crippen molar-refractivity contribution in [3.05, 3.63) is 11.8 Å². The van der Waals surface area contributed by atoms with Gasteiger partial charge in [-0.1, -0.05) is 6.92 Å². The molecular weight excluding hydrogens is 245 g/mol. The van der Waals surface area contributed by atoms with Gasteiger partial charge >= 0.3 is 6.18 Å². The second kappa shape index (κ2) is 5.88. The smallest absolute Gasteiger partial charge is 0.354 e. The van der Waals surface area contributed by atoms with Crippen molar-refractivity contribution >= 4 is 11.8 Å². The average molecular weight is 262 g/mol. The van der Waals surface area contributed by atoms with Gasteiger partial charge in [-0.3, -0.25) is 0 Å². The normalized spacial score (nSPS) is 11.4. The van der Waals surface area contributed by atoms with Crippen LogP contribution in [0, 0.1) is 6.92 Å². The molecule has 18 heavy (non-hydrogen) atoms. The number of aromatic nitrogens is 2. The first kappa shape index (κ1) is 14.5. The predicted octanol–water partition coefficient (Wildman–Crippen LogP) is 2.61. The number of nitrogens with one attached hydrogen (secondary N) is 1. The summed E-state index contributed by atoms with van der Waals surface area (Å²) >= 11 is 0. The van der Waals surface area contributed by atoms with Crippen LogP contribution < -0.4 is 10.2 Å². The Morgan fingerprint density at radius 1 is 1.33 bits per heavy atom. The molecule has 1 N–H and O–H groups in total. The molecule has 0 unspecified atom stereocenters. The van der Waals surface area contributed by atoms with Gasteiger partial charge in [-0.2, -0.15) is 18.2 Å². The molecule has 0 spiro atoms. The van der Waals surface area contributed by atoms with Gasteiger partial charge in [0.05, 0.1) is 0 Å². The average Bonchev–Trinajstić information content (AvgIpc) is 2.23. The lowest BCUT2D eigenvalue weighted by Crippen LogP contribution is -2.31. The highest BCUT2D eigenvalue weighted by Gasteiger charge is 2.30. The van der Waals surface area contributed by atoms with E-state index in [4.69, 9.17) is 0 Å². The van der Waals surface area contributed by atoms with Crippen LogP contribution in [-0.2, 0) is 0 Å². The fraction of sp³-hybridized carbons (Fsp3) is 0.636. The number of anilines is 2. The van der Waals surface area contributed by atoms with Crippen LogP contribution >= 0.6 is 0 Å². The summed E-state index contributed by atoms with van der Waals surface area (Å²) in [4.78, 5) is 9.24. The molecule has 0 fully saturated rings. The third kappa shape index (κ3) is 4.77. The molecule has 1 aromatic rings. The van der Waals surface area contributed by atoms with E-state index in [0.717, 1.165) is 11.3 Å². The number of halogens is 3. The van der Waals surface area contributed by atoms with Crippen molar-refractivity contribution in [2.24, 2.45) is 0 Å². The summed E-state index contributed by atoms with van der Waals surface area (Å²) in [7, 11) is 1.36. The first-order valence-corrected chi connectivity index (χ1v) is 5.69. The molecule has 1 rings (SSSR count).